The van der Waals surface area contributed by atoms with Crippen molar-refractivity contribution in [2.75, 3.05) is 19.6 Å². The molecule has 2 N–H and O–H groups in total. The number of unbranched alkanes of at least 4 members (excludes halogenated alkanes) is 7. The first-order valence-electron chi connectivity index (χ1n) is 13.7. The lowest BCUT2D eigenvalue weighted by Crippen LogP contribution is -2.48. The predicted octanol–water partition coefficient (Wildman–Crippen LogP) is 5.73. The van der Waals surface area contributed by atoms with Crippen LogP contribution in [0.15, 0.2) is 24.3 Å². The minimum atomic E-state index is -0.891. The van der Waals surface area contributed by atoms with E-state index in [9.17, 15) is 14.4 Å². The zero-order chi connectivity index (χ0) is 27.7. The molecule has 0 saturated carbocycles. The van der Waals surface area contributed by atoms with E-state index >= 15 is 0 Å². The summed E-state index contributed by atoms with van der Waals surface area (Å²) in [6.07, 6.45) is 14.3. The largest absolute Gasteiger partial charge is 0.444 e. The Hall–Kier alpha value is -3.01. The van der Waals surface area contributed by atoms with Gasteiger partial charge in [0, 0.05) is 18.7 Å². The summed E-state index contributed by atoms with van der Waals surface area (Å²) < 4.78 is 5.28. The highest BCUT2D eigenvalue weighted by Crippen LogP contribution is 2.26. The van der Waals surface area contributed by atoms with Crippen molar-refractivity contribution in [1.82, 2.24) is 15.5 Å². The van der Waals surface area contributed by atoms with Crippen molar-refractivity contribution >= 4 is 17.9 Å². The third-order valence-electron chi connectivity index (χ3n) is 5.91. The number of benzene rings is 1. The maximum absolute atomic E-state index is 13.5. The number of nitrogens with one attached hydrogen (secondary N) is 2. The van der Waals surface area contributed by atoms with Crippen molar-refractivity contribution < 1.29 is 19.1 Å². The minimum absolute atomic E-state index is 0.268. The van der Waals surface area contributed by atoms with Crippen molar-refractivity contribution in [3.05, 3.63) is 35.4 Å². The van der Waals surface area contributed by atoms with Gasteiger partial charge in [0.05, 0.1) is 0 Å². The Kier molecular flexibility index (Phi) is 15.1. The van der Waals surface area contributed by atoms with E-state index in [4.69, 9.17) is 11.2 Å². The fraction of sp³-hybridized carbons (Fsp3) is 0.633. The number of ether oxygens (including phenoxy) is 1. The van der Waals surface area contributed by atoms with Crippen molar-refractivity contribution in [1.29, 1.82) is 0 Å². The molecule has 0 heterocycles. The second-order valence-electron chi connectivity index (χ2n) is 10.3. The van der Waals surface area contributed by atoms with Gasteiger partial charge >= 0.3 is 6.09 Å². The smallest absolute Gasteiger partial charge is 0.408 e. The van der Waals surface area contributed by atoms with E-state index in [1.54, 1.807) is 37.8 Å². The number of carbonyl (C=O) groups excluding carboxylic acids is 3. The summed E-state index contributed by atoms with van der Waals surface area (Å²) in [5, 5.41) is 5.55. The van der Waals surface area contributed by atoms with Crippen molar-refractivity contribution in [3.63, 3.8) is 0 Å². The molecular weight excluding hydrogens is 466 g/mol. The molecule has 1 unspecified atom stereocenters. The molecule has 0 bridgehead atoms. The molecule has 0 aliphatic rings. The van der Waals surface area contributed by atoms with Crippen LogP contribution in [-0.2, 0) is 14.3 Å². The SMILES string of the molecule is C#Cc1ccccc1C(C(=O)NCCCCC)N(CCCCCCCC)C(=O)CNC(=O)OC(C)(C)C. The van der Waals surface area contributed by atoms with Gasteiger partial charge in [-0.3, -0.25) is 9.59 Å². The standard InChI is InChI=1S/C30H47N3O4/c1-7-10-12-13-14-18-22-33(26(34)23-32-29(36)37-30(4,5)6)27(28(35)31-21-17-11-8-2)25-20-16-15-19-24(25)9-3/h3,15-16,19-20,27H,7-8,10-14,17-18,21-23H2,1-2,4-6H3,(H,31,35)(H,32,36). The van der Waals surface area contributed by atoms with Crippen LogP contribution in [0.3, 0.4) is 0 Å². The molecule has 206 valence electrons. The lowest BCUT2D eigenvalue weighted by Gasteiger charge is -2.32. The Bertz CT molecular complexity index is 886. The molecule has 0 radical (unpaired) electrons. The Morgan fingerprint density at radius 3 is 2.22 bits per heavy atom. The van der Waals surface area contributed by atoms with Crippen LogP contribution in [0, 0.1) is 12.3 Å². The van der Waals surface area contributed by atoms with E-state index in [1.165, 1.54) is 6.42 Å². The molecule has 7 nitrogen and oxygen atoms in total. The lowest BCUT2D eigenvalue weighted by atomic mass is 9.97. The van der Waals surface area contributed by atoms with Crippen LogP contribution >= 0.6 is 0 Å². The zero-order valence-electron chi connectivity index (χ0n) is 23.5. The van der Waals surface area contributed by atoms with E-state index in [0.717, 1.165) is 51.4 Å². The van der Waals surface area contributed by atoms with E-state index in [0.29, 0.717) is 24.2 Å². The molecule has 0 aliphatic heterocycles. The monoisotopic (exact) mass is 513 g/mol. The number of amides is 3. The lowest BCUT2D eigenvalue weighted by molar-refractivity contribution is -0.140. The molecule has 3 amide bonds. The first kappa shape index (κ1) is 32.0. The highest BCUT2D eigenvalue weighted by Gasteiger charge is 2.32. The van der Waals surface area contributed by atoms with E-state index in [2.05, 4.69) is 30.4 Å². The Morgan fingerprint density at radius 1 is 0.946 bits per heavy atom. The average Bonchev–Trinajstić information content (AvgIpc) is 2.85. The van der Waals surface area contributed by atoms with Gasteiger partial charge < -0.3 is 20.3 Å². The summed E-state index contributed by atoms with van der Waals surface area (Å²) in [4.78, 5) is 40.8. The number of terminal acetylenes is 1. The topological polar surface area (TPSA) is 87.7 Å². The fourth-order valence-electron chi connectivity index (χ4n) is 4.02. The Morgan fingerprint density at radius 2 is 1.57 bits per heavy atom. The number of carbonyl (C=O) groups is 3. The molecule has 0 fully saturated rings. The molecule has 37 heavy (non-hydrogen) atoms. The van der Waals surface area contributed by atoms with Gasteiger partial charge in [-0.25, -0.2) is 4.79 Å². The number of hydrogen-bond acceptors (Lipinski definition) is 4. The summed E-state index contributed by atoms with van der Waals surface area (Å²) in [6.45, 7) is 10.2. The zero-order valence-corrected chi connectivity index (χ0v) is 23.5. The first-order valence-corrected chi connectivity index (χ1v) is 13.7. The summed E-state index contributed by atoms with van der Waals surface area (Å²) in [6, 6.07) is 6.32. The molecule has 1 rings (SSSR count). The Balaban J connectivity index is 3.20. The van der Waals surface area contributed by atoms with Gasteiger partial charge in [-0.05, 0) is 45.2 Å². The van der Waals surface area contributed by atoms with Gasteiger partial charge in [0.15, 0.2) is 0 Å². The van der Waals surface area contributed by atoms with E-state index < -0.39 is 17.7 Å². The maximum atomic E-state index is 13.5. The number of rotatable bonds is 16. The second kappa shape index (κ2) is 17.4. The van der Waals surface area contributed by atoms with E-state index in [1.807, 2.05) is 12.1 Å². The van der Waals surface area contributed by atoms with Gasteiger partial charge in [-0.15, -0.1) is 6.42 Å². The second-order valence-corrected chi connectivity index (χ2v) is 10.3. The predicted molar refractivity (Wildman–Crippen MR) is 149 cm³/mol. The molecule has 0 saturated heterocycles. The molecule has 1 aromatic rings. The van der Waals surface area contributed by atoms with Gasteiger partial charge in [0.2, 0.25) is 11.8 Å². The quantitative estimate of drug-likeness (QED) is 0.218. The molecule has 1 aromatic carbocycles. The Labute approximate surface area is 224 Å². The van der Waals surface area contributed by atoms with E-state index in [-0.39, 0.29) is 18.4 Å². The van der Waals surface area contributed by atoms with Crippen LogP contribution in [0.2, 0.25) is 0 Å². The van der Waals surface area contributed by atoms with Crippen LogP contribution < -0.4 is 10.6 Å². The molecule has 0 spiro atoms. The van der Waals surface area contributed by atoms with Crippen LogP contribution in [0.25, 0.3) is 0 Å². The van der Waals surface area contributed by atoms with Gasteiger partial charge in [-0.2, -0.15) is 0 Å². The number of alkyl carbamates (subject to hydrolysis) is 1. The highest BCUT2D eigenvalue weighted by atomic mass is 16.6. The molecule has 1 atom stereocenters. The van der Waals surface area contributed by atoms with Gasteiger partial charge in [-0.1, -0.05) is 82.9 Å². The normalized spacial score (nSPS) is 11.8. The highest BCUT2D eigenvalue weighted by molar-refractivity contribution is 5.91. The van der Waals surface area contributed by atoms with Gasteiger partial charge in [0.1, 0.15) is 18.2 Å². The van der Waals surface area contributed by atoms with Crippen molar-refractivity contribution in [2.45, 2.75) is 104 Å². The summed E-state index contributed by atoms with van der Waals surface area (Å²) in [5.74, 6) is 2.03. The third-order valence-corrected chi connectivity index (χ3v) is 5.91. The van der Waals surface area contributed by atoms with Crippen LogP contribution in [-0.4, -0.2) is 48.0 Å². The van der Waals surface area contributed by atoms with Gasteiger partial charge in [0.25, 0.3) is 0 Å². The van der Waals surface area contributed by atoms with Crippen LogP contribution in [0.4, 0.5) is 4.79 Å². The van der Waals surface area contributed by atoms with Crippen LogP contribution in [0.1, 0.15) is 110 Å². The molecule has 0 aromatic heterocycles. The van der Waals surface area contributed by atoms with Crippen LogP contribution in [0.5, 0.6) is 0 Å². The number of hydrogen-bond donors (Lipinski definition) is 2. The third kappa shape index (κ3) is 12.7. The molecule has 0 aliphatic carbocycles. The average molecular weight is 514 g/mol. The summed E-state index contributed by atoms with van der Waals surface area (Å²) >= 11 is 0. The molecular formula is C30H47N3O4. The molecule has 7 heteroatoms. The number of nitrogens with zero attached hydrogens (tertiary/aromatic N) is 1. The minimum Gasteiger partial charge on any atom is -0.444 e. The summed E-state index contributed by atoms with van der Waals surface area (Å²) in [7, 11) is 0. The maximum Gasteiger partial charge on any atom is 0.408 e. The summed E-state index contributed by atoms with van der Waals surface area (Å²) in [5.41, 5.74) is 0.490. The first-order chi connectivity index (χ1) is 17.6. The fourth-order valence-corrected chi connectivity index (χ4v) is 4.02. The van der Waals surface area contributed by atoms with Crippen molar-refractivity contribution in [3.8, 4) is 12.3 Å². The van der Waals surface area contributed by atoms with Crippen molar-refractivity contribution in [2.24, 2.45) is 0 Å².